The van der Waals surface area contributed by atoms with Crippen molar-refractivity contribution in [2.75, 3.05) is 0 Å². The van der Waals surface area contributed by atoms with E-state index in [9.17, 15) is 43.9 Å². The molecular weight excluding hydrogens is 616 g/mol. The second-order valence-corrected chi connectivity index (χ2v) is 9.37. The van der Waals surface area contributed by atoms with Crippen LogP contribution in [0.25, 0.3) is 21.9 Å². The average molecular weight is 626 g/mol. The first-order valence-corrected chi connectivity index (χ1v) is 12.2. The fraction of sp³-hybridized carbons (Fsp3) is 0.0345. The summed E-state index contributed by atoms with van der Waals surface area (Å²) in [6.07, 6.45) is -0.448. The van der Waals surface area contributed by atoms with Crippen LogP contribution in [0.15, 0.2) is 48.5 Å². The first kappa shape index (κ1) is 29.1. The molecule has 224 valence electrons. The van der Waals surface area contributed by atoms with E-state index in [-0.39, 0.29) is 17.7 Å². The lowest BCUT2D eigenvalue weighted by molar-refractivity contribution is 0.286. The molecule has 6 rings (SSSR count). The summed E-state index contributed by atoms with van der Waals surface area (Å²) in [5.74, 6) is -22.5. The van der Waals surface area contributed by atoms with E-state index in [1.165, 1.54) is 12.1 Å². The van der Waals surface area contributed by atoms with E-state index in [2.05, 4.69) is 0 Å². The van der Waals surface area contributed by atoms with Crippen molar-refractivity contribution in [3.63, 3.8) is 0 Å². The highest BCUT2D eigenvalue weighted by molar-refractivity contribution is 6.40. The zero-order valence-electron chi connectivity index (χ0n) is 21.3. The van der Waals surface area contributed by atoms with Gasteiger partial charge in [0.2, 0.25) is 5.82 Å². The quantitative estimate of drug-likeness (QED) is 0.0804. The fourth-order valence-electron chi connectivity index (χ4n) is 4.86. The summed E-state index contributed by atoms with van der Waals surface area (Å²) < 4.78 is 174. The summed E-state index contributed by atoms with van der Waals surface area (Å²) in [6, 6.07) is 5.41. The monoisotopic (exact) mass is 626 g/mol. The van der Waals surface area contributed by atoms with Crippen LogP contribution < -0.4 is 14.0 Å². The molecule has 0 atom stereocenters. The molecule has 0 saturated carbocycles. The second kappa shape index (κ2) is 10.6. The van der Waals surface area contributed by atoms with Crippen molar-refractivity contribution < 1.29 is 62.3 Å². The van der Waals surface area contributed by atoms with Gasteiger partial charge >= 0.3 is 7.32 Å². The third-order valence-corrected chi connectivity index (χ3v) is 6.76. The summed E-state index contributed by atoms with van der Waals surface area (Å²) in [6.45, 7) is 0. The van der Waals surface area contributed by atoms with Crippen molar-refractivity contribution in [2.45, 2.75) is 6.42 Å². The number of benzene rings is 5. The van der Waals surface area contributed by atoms with Gasteiger partial charge in [0.1, 0.15) is 34.7 Å². The van der Waals surface area contributed by atoms with Crippen LogP contribution in [-0.2, 0) is 6.42 Å². The van der Waals surface area contributed by atoms with Crippen molar-refractivity contribution in [3.05, 3.63) is 124 Å². The average Bonchev–Trinajstić information content (AvgIpc) is 3.37. The smallest absolute Gasteiger partial charge is 0.489 e. The SMILES string of the molecule is Fc1cc(F)c(F)c(OB(Oc2c(F)c(F)c(F)c3c2Cc2cccc(F)c2-3)Oc2ccc(F)c3c(F)c(F)c(F)cc23)c1. The molecule has 0 spiro atoms. The van der Waals surface area contributed by atoms with Crippen molar-refractivity contribution in [1.29, 1.82) is 0 Å². The molecule has 0 fully saturated rings. The zero-order chi connectivity index (χ0) is 31.6. The maximum absolute atomic E-state index is 15.2. The van der Waals surface area contributed by atoms with Gasteiger partial charge in [-0.15, -0.1) is 0 Å². The Morgan fingerprint density at radius 2 is 1.23 bits per heavy atom. The molecule has 0 radical (unpaired) electrons. The number of hydrogen-bond acceptors (Lipinski definition) is 3. The van der Waals surface area contributed by atoms with E-state index in [1.54, 1.807) is 0 Å². The summed E-state index contributed by atoms with van der Waals surface area (Å²) >= 11 is 0. The van der Waals surface area contributed by atoms with Crippen LogP contribution in [0.3, 0.4) is 0 Å². The Bertz CT molecular complexity index is 2020. The van der Waals surface area contributed by atoms with Gasteiger partial charge < -0.3 is 14.0 Å². The Hall–Kier alpha value is -4.95. The molecule has 15 heteroatoms. The van der Waals surface area contributed by atoms with Crippen LogP contribution in [0, 0.1) is 64.0 Å². The molecular formula is C29H10BF11O3. The molecule has 0 bridgehead atoms. The number of rotatable bonds is 6. The minimum atomic E-state index is -2.66. The molecule has 0 heterocycles. The number of fused-ring (bicyclic) bond motifs is 4. The zero-order valence-corrected chi connectivity index (χ0v) is 21.3. The molecule has 1 aliphatic carbocycles. The summed E-state index contributed by atoms with van der Waals surface area (Å²) in [5.41, 5.74) is -1.60. The molecule has 5 aromatic carbocycles. The molecule has 0 saturated heterocycles. The summed E-state index contributed by atoms with van der Waals surface area (Å²) in [5, 5.41) is -1.95. The van der Waals surface area contributed by atoms with Gasteiger partial charge in [-0.1, -0.05) is 12.1 Å². The van der Waals surface area contributed by atoms with Crippen LogP contribution in [0.2, 0.25) is 0 Å². The van der Waals surface area contributed by atoms with Crippen molar-refractivity contribution in [1.82, 2.24) is 0 Å². The van der Waals surface area contributed by atoms with Gasteiger partial charge in [-0.2, -0.15) is 8.78 Å². The van der Waals surface area contributed by atoms with E-state index in [0.29, 0.717) is 18.2 Å². The van der Waals surface area contributed by atoms with Gasteiger partial charge in [-0.05, 0) is 29.8 Å². The number of hydrogen-bond donors (Lipinski definition) is 0. The van der Waals surface area contributed by atoms with Crippen LogP contribution in [0.5, 0.6) is 17.2 Å². The van der Waals surface area contributed by atoms with E-state index in [1.807, 2.05) is 0 Å². The molecule has 0 amide bonds. The molecule has 3 nitrogen and oxygen atoms in total. The Labute approximate surface area is 239 Å². The topological polar surface area (TPSA) is 27.7 Å². The predicted octanol–water partition coefficient (Wildman–Crippen LogP) is 8.46. The van der Waals surface area contributed by atoms with E-state index >= 15 is 4.39 Å². The molecule has 0 unspecified atom stereocenters. The highest BCUT2D eigenvalue weighted by atomic mass is 19.2. The van der Waals surface area contributed by atoms with Gasteiger partial charge in [0, 0.05) is 40.6 Å². The third-order valence-electron chi connectivity index (χ3n) is 6.76. The van der Waals surface area contributed by atoms with Crippen molar-refractivity contribution >= 4 is 18.1 Å². The lowest BCUT2D eigenvalue weighted by Crippen LogP contribution is -2.38. The molecule has 0 aliphatic heterocycles. The van der Waals surface area contributed by atoms with Crippen LogP contribution in [0.1, 0.15) is 11.1 Å². The maximum Gasteiger partial charge on any atom is 0.864 e. The third kappa shape index (κ3) is 4.62. The van der Waals surface area contributed by atoms with Crippen molar-refractivity contribution in [2.24, 2.45) is 0 Å². The van der Waals surface area contributed by atoms with Gasteiger partial charge in [-0.25, -0.2) is 39.5 Å². The van der Waals surface area contributed by atoms with E-state index < -0.39 is 122 Å². The fourth-order valence-corrected chi connectivity index (χ4v) is 4.86. The lowest BCUT2D eigenvalue weighted by atomic mass is 10.0. The highest BCUT2D eigenvalue weighted by Gasteiger charge is 2.40. The summed E-state index contributed by atoms with van der Waals surface area (Å²) in [7, 11) is -2.66. The van der Waals surface area contributed by atoms with Gasteiger partial charge in [-0.3, -0.25) is 0 Å². The van der Waals surface area contributed by atoms with Gasteiger partial charge in [0.05, 0.1) is 5.39 Å². The van der Waals surface area contributed by atoms with Gasteiger partial charge in [0.25, 0.3) is 0 Å². The van der Waals surface area contributed by atoms with E-state index in [4.69, 9.17) is 14.0 Å². The van der Waals surface area contributed by atoms with Crippen LogP contribution in [-0.4, -0.2) is 7.32 Å². The number of halogens is 11. The largest absolute Gasteiger partial charge is 0.864 e. The molecule has 1 aliphatic rings. The van der Waals surface area contributed by atoms with Crippen LogP contribution >= 0.6 is 0 Å². The van der Waals surface area contributed by atoms with E-state index in [0.717, 1.165) is 6.07 Å². The minimum absolute atomic E-state index is 0.0721. The maximum atomic E-state index is 15.2. The minimum Gasteiger partial charge on any atom is -0.489 e. The Morgan fingerprint density at radius 3 is 1.98 bits per heavy atom. The molecule has 44 heavy (non-hydrogen) atoms. The Balaban J connectivity index is 1.51. The predicted molar refractivity (Wildman–Crippen MR) is 132 cm³/mol. The standard InChI is InChI=1S/C29H10BF11O3/c31-11-7-16(34)23(36)19(8-11)43-30(42-18-5-4-15(33)21-12(18)9-17(35)24(37)25(21)38)44-29-13-6-10-2-1-3-14(32)20(10)22(13)26(39)27(40)28(29)41/h1-5,7-9H,6H2. The highest BCUT2D eigenvalue weighted by Crippen LogP contribution is 2.47. The normalized spacial score (nSPS) is 11.9. The molecule has 0 aromatic heterocycles. The first-order chi connectivity index (χ1) is 20.9. The van der Waals surface area contributed by atoms with Crippen LogP contribution in [0.4, 0.5) is 48.3 Å². The van der Waals surface area contributed by atoms with Gasteiger partial charge in [0.15, 0.2) is 40.7 Å². The second-order valence-electron chi connectivity index (χ2n) is 9.37. The Morgan fingerprint density at radius 1 is 0.523 bits per heavy atom. The summed E-state index contributed by atoms with van der Waals surface area (Å²) in [4.78, 5) is 0. The molecule has 0 N–H and O–H groups in total. The first-order valence-electron chi connectivity index (χ1n) is 12.2. The molecule has 5 aromatic rings. The lowest BCUT2D eigenvalue weighted by Gasteiger charge is -2.20. The Kier molecular flexibility index (Phi) is 7.05. The van der Waals surface area contributed by atoms with Crippen molar-refractivity contribution in [3.8, 4) is 28.4 Å².